The lowest BCUT2D eigenvalue weighted by Gasteiger charge is -2.50. The molecule has 1 aliphatic heterocycles. The number of pyridine rings is 2. The molecule has 0 amide bonds. The Balaban J connectivity index is 1.23. The maximum atomic E-state index is 17.0. The van der Waals surface area contributed by atoms with Gasteiger partial charge in [0.1, 0.15) is 5.65 Å². The van der Waals surface area contributed by atoms with Gasteiger partial charge in [-0.1, -0.05) is 109 Å². The molecule has 7 aromatic carbocycles. The lowest BCUT2D eigenvalue weighted by molar-refractivity contribution is 0.402. The number of anilines is 3. The SMILES string of the molecule is FC(c1cccc(-c2ccccn2)c1)c1cccc(-n2c3ncccc3c3ccc4c(c32)N(c2ccccc2)c2ccccc2S4(c2ccccc2)c2ccccc2)c1. The molecule has 0 saturated heterocycles. The number of alkyl halides is 1. The molecule has 0 spiro atoms. The largest absolute Gasteiger partial charge is 0.306 e. The summed E-state index contributed by atoms with van der Waals surface area (Å²) < 4.78 is 19.2. The van der Waals surface area contributed by atoms with Crippen LogP contribution in [0.5, 0.6) is 0 Å². The van der Waals surface area contributed by atoms with Gasteiger partial charge in [0.2, 0.25) is 0 Å². The first-order valence-corrected chi connectivity index (χ1v) is 21.4. The first-order chi connectivity index (χ1) is 29.2. The number of halogens is 1. The second-order valence-corrected chi connectivity index (χ2v) is 17.7. The molecule has 0 saturated carbocycles. The lowest BCUT2D eigenvalue weighted by atomic mass is 9.99. The molecular formula is C53H37FN4S. The van der Waals surface area contributed by atoms with Crippen LogP contribution in [0, 0.1) is 0 Å². The fourth-order valence-corrected chi connectivity index (χ4v) is 13.1. The smallest absolute Gasteiger partial charge is 0.150 e. The quantitative estimate of drug-likeness (QED) is 0.162. The van der Waals surface area contributed by atoms with Crippen molar-refractivity contribution in [2.24, 2.45) is 0 Å². The number of rotatable bonds is 7. The third-order valence-corrected chi connectivity index (χ3v) is 15.3. The Morgan fingerprint density at radius 2 is 1.12 bits per heavy atom. The molecule has 1 aliphatic rings. The van der Waals surface area contributed by atoms with Crippen LogP contribution < -0.4 is 4.90 Å². The first kappa shape index (κ1) is 34.9. The summed E-state index contributed by atoms with van der Waals surface area (Å²) in [5, 5.41) is 2.11. The lowest BCUT2D eigenvalue weighted by Crippen LogP contribution is -2.22. The molecule has 59 heavy (non-hydrogen) atoms. The van der Waals surface area contributed by atoms with E-state index in [4.69, 9.17) is 4.98 Å². The minimum Gasteiger partial charge on any atom is -0.306 e. The van der Waals surface area contributed by atoms with Crippen LogP contribution in [0.2, 0.25) is 0 Å². The summed E-state index contributed by atoms with van der Waals surface area (Å²) in [6.45, 7) is 0. The molecule has 282 valence electrons. The Labute approximate surface area is 343 Å². The highest BCUT2D eigenvalue weighted by Gasteiger charge is 2.44. The zero-order chi connectivity index (χ0) is 39.3. The normalized spacial score (nSPS) is 14.1. The van der Waals surface area contributed by atoms with Crippen molar-refractivity contribution < 1.29 is 4.39 Å². The monoisotopic (exact) mass is 780 g/mol. The fraction of sp³-hybridized carbons (Fsp3) is 0.0189. The van der Waals surface area contributed by atoms with Gasteiger partial charge in [-0.2, -0.15) is 0 Å². The topological polar surface area (TPSA) is 34.0 Å². The highest BCUT2D eigenvalue weighted by Crippen LogP contribution is 2.80. The van der Waals surface area contributed by atoms with Crippen LogP contribution in [0.25, 0.3) is 38.9 Å². The Morgan fingerprint density at radius 3 is 1.86 bits per heavy atom. The highest BCUT2D eigenvalue weighted by atomic mass is 32.3. The van der Waals surface area contributed by atoms with E-state index in [1.54, 1.807) is 6.20 Å². The predicted molar refractivity (Wildman–Crippen MR) is 239 cm³/mol. The number of fused-ring (bicyclic) bond motifs is 6. The highest BCUT2D eigenvalue weighted by molar-refractivity contribution is 8.34. The fourth-order valence-electron chi connectivity index (χ4n) is 8.89. The summed E-state index contributed by atoms with van der Waals surface area (Å²) in [6, 6.07) is 71.6. The van der Waals surface area contributed by atoms with E-state index in [0.29, 0.717) is 11.1 Å². The Kier molecular flexibility index (Phi) is 8.45. The number of nitrogens with zero attached hydrogens (tertiary/aromatic N) is 4. The summed E-state index contributed by atoms with van der Waals surface area (Å²) in [5.41, 5.74) is 8.76. The number of hydrogen-bond donors (Lipinski definition) is 0. The van der Waals surface area contributed by atoms with E-state index in [0.717, 1.165) is 55.9 Å². The van der Waals surface area contributed by atoms with Crippen molar-refractivity contribution in [1.29, 1.82) is 0 Å². The summed E-state index contributed by atoms with van der Waals surface area (Å²) in [6.07, 6.45) is 2.25. The molecule has 0 radical (unpaired) electrons. The van der Waals surface area contributed by atoms with Crippen molar-refractivity contribution in [2.45, 2.75) is 25.8 Å². The zero-order valence-electron chi connectivity index (χ0n) is 31.9. The molecule has 4 heterocycles. The van der Waals surface area contributed by atoms with Gasteiger partial charge in [-0.15, -0.1) is 10.0 Å². The summed E-state index contributed by atoms with van der Waals surface area (Å²) in [4.78, 5) is 17.0. The average Bonchev–Trinajstić information content (AvgIpc) is 3.66. The van der Waals surface area contributed by atoms with Crippen molar-refractivity contribution in [2.75, 3.05) is 4.90 Å². The van der Waals surface area contributed by atoms with Crippen LogP contribution in [0.1, 0.15) is 17.3 Å². The molecule has 10 aromatic rings. The third-order valence-electron chi connectivity index (χ3n) is 11.4. The molecular weight excluding hydrogens is 744 g/mol. The van der Waals surface area contributed by atoms with Crippen LogP contribution in [0.4, 0.5) is 21.5 Å². The Morgan fingerprint density at radius 1 is 0.475 bits per heavy atom. The molecule has 0 bridgehead atoms. The molecule has 6 heteroatoms. The molecule has 4 nitrogen and oxygen atoms in total. The van der Waals surface area contributed by atoms with Gasteiger partial charge in [-0.05, 0) is 108 Å². The van der Waals surface area contributed by atoms with Gasteiger partial charge in [0.15, 0.2) is 6.17 Å². The van der Waals surface area contributed by atoms with E-state index in [1.807, 2.05) is 72.9 Å². The van der Waals surface area contributed by atoms with E-state index in [9.17, 15) is 0 Å². The molecule has 0 N–H and O–H groups in total. The van der Waals surface area contributed by atoms with E-state index in [2.05, 4.69) is 154 Å². The van der Waals surface area contributed by atoms with Gasteiger partial charge < -0.3 is 4.90 Å². The summed E-state index contributed by atoms with van der Waals surface area (Å²) in [5.74, 6) is 0. The van der Waals surface area contributed by atoms with Crippen molar-refractivity contribution in [3.63, 3.8) is 0 Å². The van der Waals surface area contributed by atoms with Crippen molar-refractivity contribution in [3.05, 3.63) is 230 Å². The minimum atomic E-state index is -2.07. The van der Waals surface area contributed by atoms with Crippen LogP contribution in [-0.4, -0.2) is 14.5 Å². The number of benzene rings is 7. The van der Waals surface area contributed by atoms with E-state index >= 15 is 4.39 Å². The number of hydrogen-bond acceptors (Lipinski definition) is 3. The Bertz CT molecular complexity index is 3090. The molecule has 0 fully saturated rings. The van der Waals surface area contributed by atoms with Crippen molar-refractivity contribution in [1.82, 2.24) is 14.5 Å². The molecule has 3 aromatic heterocycles. The van der Waals surface area contributed by atoms with Crippen LogP contribution in [0.3, 0.4) is 0 Å². The standard InChI is InChI=1S/C53H37FN4S/c54-50(38-18-14-17-37(35-38)46-28-12-13-33-55-46)39-19-15-22-41(36-39)58-51-44(45-27-16-34-56-53(45)58)31-32-49-52(51)57(40-20-4-1-5-21-40)47-29-10-11-30-48(47)59(49,42-23-6-2-7-24-42)43-25-8-3-9-26-43/h1-36,50H. The van der Waals surface area contributed by atoms with E-state index in [-0.39, 0.29) is 0 Å². The molecule has 11 rings (SSSR count). The maximum absolute atomic E-state index is 17.0. The summed E-state index contributed by atoms with van der Waals surface area (Å²) >= 11 is 0. The van der Waals surface area contributed by atoms with Gasteiger partial charge in [0, 0.05) is 59.7 Å². The van der Waals surface area contributed by atoms with Crippen molar-refractivity contribution >= 4 is 49.0 Å². The third kappa shape index (κ3) is 5.52. The van der Waals surface area contributed by atoms with Crippen LogP contribution in [-0.2, 0) is 0 Å². The second-order valence-electron chi connectivity index (χ2n) is 14.7. The molecule has 1 atom stereocenters. The Hall–Kier alpha value is -7.28. The number of para-hydroxylation sites is 2. The van der Waals surface area contributed by atoms with Crippen LogP contribution in [0.15, 0.2) is 238 Å². The van der Waals surface area contributed by atoms with Gasteiger partial charge in [-0.3, -0.25) is 9.55 Å². The predicted octanol–water partition coefficient (Wildman–Crippen LogP) is 14.4. The van der Waals surface area contributed by atoms with Crippen molar-refractivity contribution in [3.8, 4) is 16.9 Å². The van der Waals surface area contributed by atoms with Gasteiger partial charge >= 0.3 is 0 Å². The minimum absolute atomic E-state index is 0.565. The van der Waals surface area contributed by atoms with Gasteiger partial charge in [-0.25, -0.2) is 9.37 Å². The number of aromatic nitrogens is 3. The van der Waals surface area contributed by atoms with E-state index < -0.39 is 16.2 Å². The first-order valence-electron chi connectivity index (χ1n) is 19.8. The molecule has 1 unspecified atom stereocenters. The maximum Gasteiger partial charge on any atom is 0.150 e. The van der Waals surface area contributed by atoms with E-state index in [1.165, 1.54) is 19.6 Å². The van der Waals surface area contributed by atoms with Gasteiger partial charge in [0.05, 0.1) is 22.6 Å². The average molecular weight is 781 g/mol. The second kappa shape index (κ2) is 14.3. The molecule has 0 aliphatic carbocycles. The van der Waals surface area contributed by atoms with Crippen LogP contribution >= 0.6 is 10.0 Å². The van der Waals surface area contributed by atoms with Gasteiger partial charge in [0.25, 0.3) is 0 Å². The zero-order valence-corrected chi connectivity index (χ0v) is 32.8. The summed E-state index contributed by atoms with van der Waals surface area (Å²) in [7, 11) is -2.07.